The maximum absolute atomic E-state index is 15.1. The molecule has 0 unspecified atom stereocenters. The van der Waals surface area contributed by atoms with Crippen LogP contribution in [-0.2, 0) is 6.42 Å². The summed E-state index contributed by atoms with van der Waals surface area (Å²) >= 11 is 5.70. The zero-order chi connectivity index (χ0) is 20.5. The second kappa shape index (κ2) is 7.92. The van der Waals surface area contributed by atoms with Crippen molar-refractivity contribution in [1.82, 2.24) is 0 Å². The van der Waals surface area contributed by atoms with Crippen molar-refractivity contribution in [2.24, 2.45) is 0 Å². The molecule has 0 atom stereocenters. The Morgan fingerprint density at radius 1 is 0.724 bits per heavy atom. The first-order valence-electron chi connectivity index (χ1n) is 9.44. The Bertz CT molecular complexity index is 1210. The van der Waals surface area contributed by atoms with Crippen molar-refractivity contribution >= 4 is 22.4 Å². The SMILES string of the molecule is CCCc1ccc2c(F)c(-c3ccc(-c4ccc(Cl)c(F)c4)c(F)c3)ccc2c1. The fraction of sp³-hybridized carbons (Fsp3) is 0.120. The van der Waals surface area contributed by atoms with Crippen molar-refractivity contribution in [3.63, 3.8) is 0 Å². The molecule has 0 fully saturated rings. The van der Waals surface area contributed by atoms with E-state index in [1.54, 1.807) is 24.3 Å². The largest absolute Gasteiger partial charge is 0.206 e. The van der Waals surface area contributed by atoms with Gasteiger partial charge in [-0.2, -0.15) is 0 Å². The molecule has 0 aliphatic heterocycles. The van der Waals surface area contributed by atoms with Crippen molar-refractivity contribution in [3.05, 3.63) is 94.8 Å². The van der Waals surface area contributed by atoms with Gasteiger partial charge in [0.05, 0.1) is 5.02 Å². The van der Waals surface area contributed by atoms with Gasteiger partial charge in [-0.1, -0.05) is 73.5 Å². The Morgan fingerprint density at radius 2 is 1.41 bits per heavy atom. The van der Waals surface area contributed by atoms with E-state index in [2.05, 4.69) is 6.92 Å². The molecule has 0 N–H and O–H groups in total. The molecule has 0 saturated heterocycles. The second-order valence-corrected chi connectivity index (χ2v) is 7.46. The van der Waals surface area contributed by atoms with Gasteiger partial charge in [-0.25, -0.2) is 13.2 Å². The Labute approximate surface area is 172 Å². The van der Waals surface area contributed by atoms with E-state index in [4.69, 9.17) is 11.6 Å². The smallest absolute Gasteiger partial charge is 0.142 e. The quantitative estimate of drug-likeness (QED) is 0.318. The maximum Gasteiger partial charge on any atom is 0.142 e. The molecule has 0 amide bonds. The van der Waals surface area contributed by atoms with Crippen LogP contribution < -0.4 is 0 Å². The van der Waals surface area contributed by atoms with Crippen molar-refractivity contribution in [2.45, 2.75) is 19.8 Å². The molecule has 0 radical (unpaired) electrons. The molecule has 4 heteroatoms. The lowest BCUT2D eigenvalue weighted by molar-refractivity contribution is 0.625. The van der Waals surface area contributed by atoms with Crippen LogP contribution in [0.25, 0.3) is 33.0 Å². The average Bonchev–Trinajstić information content (AvgIpc) is 2.71. The van der Waals surface area contributed by atoms with Gasteiger partial charge >= 0.3 is 0 Å². The number of rotatable bonds is 4. The molecule has 0 nitrogen and oxygen atoms in total. The molecule has 4 rings (SSSR count). The topological polar surface area (TPSA) is 0 Å². The van der Waals surface area contributed by atoms with E-state index < -0.39 is 11.6 Å². The van der Waals surface area contributed by atoms with Gasteiger partial charge in [-0.3, -0.25) is 0 Å². The molecule has 0 bridgehead atoms. The average molecular weight is 411 g/mol. The molecule has 4 aromatic rings. The Balaban J connectivity index is 1.75. The van der Waals surface area contributed by atoms with Crippen LogP contribution in [0.3, 0.4) is 0 Å². The first kappa shape index (κ1) is 19.5. The van der Waals surface area contributed by atoms with Gasteiger partial charge in [-0.15, -0.1) is 0 Å². The molecular formula is C25H18ClF3. The highest BCUT2D eigenvalue weighted by atomic mass is 35.5. The van der Waals surface area contributed by atoms with Gasteiger partial charge in [0.25, 0.3) is 0 Å². The van der Waals surface area contributed by atoms with Crippen LogP contribution in [0, 0.1) is 17.5 Å². The molecule has 0 aliphatic carbocycles. The molecule has 4 aromatic carbocycles. The van der Waals surface area contributed by atoms with Crippen LogP contribution >= 0.6 is 11.6 Å². The van der Waals surface area contributed by atoms with E-state index >= 15 is 4.39 Å². The first-order valence-corrected chi connectivity index (χ1v) is 9.82. The molecule has 0 spiro atoms. The van der Waals surface area contributed by atoms with E-state index in [9.17, 15) is 8.78 Å². The summed E-state index contributed by atoms with van der Waals surface area (Å²) in [6, 6.07) is 17.8. The molecule has 0 aromatic heterocycles. The normalized spacial score (nSPS) is 11.2. The lowest BCUT2D eigenvalue weighted by atomic mass is 9.96. The summed E-state index contributed by atoms with van der Waals surface area (Å²) in [5, 5.41) is 1.31. The molecule has 0 aliphatic rings. The van der Waals surface area contributed by atoms with Crippen molar-refractivity contribution in [2.75, 3.05) is 0 Å². The van der Waals surface area contributed by atoms with Crippen LogP contribution in [0.15, 0.2) is 66.7 Å². The lowest BCUT2D eigenvalue weighted by Gasteiger charge is -2.11. The van der Waals surface area contributed by atoms with E-state index in [0.29, 0.717) is 22.1 Å². The zero-order valence-electron chi connectivity index (χ0n) is 15.8. The summed E-state index contributed by atoms with van der Waals surface area (Å²) in [6.07, 6.45) is 1.96. The molecule has 146 valence electrons. The van der Waals surface area contributed by atoms with E-state index in [-0.39, 0.29) is 16.4 Å². The number of benzene rings is 4. The van der Waals surface area contributed by atoms with Crippen LogP contribution in [0.5, 0.6) is 0 Å². The van der Waals surface area contributed by atoms with Crippen LogP contribution in [0.4, 0.5) is 13.2 Å². The van der Waals surface area contributed by atoms with Crippen LogP contribution in [0.1, 0.15) is 18.9 Å². The summed E-state index contributed by atoms with van der Waals surface area (Å²) < 4.78 is 43.6. The minimum absolute atomic E-state index is 0.0221. The summed E-state index contributed by atoms with van der Waals surface area (Å²) in [5.74, 6) is -1.55. The molecule has 0 saturated carbocycles. The van der Waals surface area contributed by atoms with E-state index in [1.807, 2.05) is 18.2 Å². The van der Waals surface area contributed by atoms with Gasteiger partial charge in [0.1, 0.15) is 17.5 Å². The Kier molecular flexibility index (Phi) is 5.33. The summed E-state index contributed by atoms with van der Waals surface area (Å²) in [4.78, 5) is 0. The fourth-order valence-electron chi connectivity index (χ4n) is 3.59. The van der Waals surface area contributed by atoms with Crippen molar-refractivity contribution in [3.8, 4) is 22.3 Å². The van der Waals surface area contributed by atoms with E-state index in [1.165, 1.54) is 24.3 Å². The fourth-order valence-corrected chi connectivity index (χ4v) is 3.71. The monoisotopic (exact) mass is 410 g/mol. The highest BCUT2D eigenvalue weighted by molar-refractivity contribution is 6.30. The lowest BCUT2D eigenvalue weighted by Crippen LogP contribution is -1.92. The zero-order valence-corrected chi connectivity index (χ0v) is 16.5. The summed E-state index contributed by atoms with van der Waals surface area (Å²) in [5.41, 5.74) is 2.53. The van der Waals surface area contributed by atoms with Crippen molar-refractivity contribution < 1.29 is 13.2 Å². The molecule has 0 heterocycles. The summed E-state index contributed by atoms with van der Waals surface area (Å²) in [7, 11) is 0. The molecular weight excluding hydrogens is 393 g/mol. The van der Waals surface area contributed by atoms with Gasteiger partial charge in [-0.05, 0) is 46.7 Å². The molecule has 29 heavy (non-hydrogen) atoms. The Morgan fingerprint density at radius 3 is 2.14 bits per heavy atom. The number of fused-ring (bicyclic) bond motifs is 1. The van der Waals surface area contributed by atoms with Gasteiger partial charge in [0.2, 0.25) is 0 Å². The number of aryl methyl sites for hydroxylation is 1. The number of hydrogen-bond acceptors (Lipinski definition) is 0. The van der Waals surface area contributed by atoms with Crippen LogP contribution in [0.2, 0.25) is 5.02 Å². The third-order valence-corrected chi connectivity index (χ3v) is 5.37. The highest BCUT2D eigenvalue weighted by Crippen LogP contribution is 2.33. The summed E-state index contributed by atoms with van der Waals surface area (Å²) in [6.45, 7) is 2.10. The predicted molar refractivity (Wildman–Crippen MR) is 114 cm³/mol. The highest BCUT2D eigenvalue weighted by Gasteiger charge is 2.14. The number of halogens is 4. The predicted octanol–water partition coefficient (Wildman–Crippen LogP) is 8.20. The minimum atomic E-state index is -0.615. The van der Waals surface area contributed by atoms with E-state index in [0.717, 1.165) is 23.8 Å². The minimum Gasteiger partial charge on any atom is -0.206 e. The third-order valence-electron chi connectivity index (χ3n) is 5.07. The van der Waals surface area contributed by atoms with Gasteiger partial charge in [0.15, 0.2) is 0 Å². The second-order valence-electron chi connectivity index (χ2n) is 7.06. The van der Waals surface area contributed by atoms with Gasteiger partial charge < -0.3 is 0 Å². The van der Waals surface area contributed by atoms with Crippen molar-refractivity contribution in [1.29, 1.82) is 0 Å². The Hall–Kier alpha value is -2.78. The maximum atomic E-state index is 15.1. The third kappa shape index (κ3) is 3.75. The number of hydrogen-bond donors (Lipinski definition) is 0. The van der Waals surface area contributed by atoms with Crippen LogP contribution in [-0.4, -0.2) is 0 Å². The standard InChI is InChI=1S/C25H18ClF3/c1-2-3-15-4-8-20-16(12-15)6-10-21(25(20)29)18-5-9-19(23(27)13-18)17-7-11-22(26)24(28)14-17/h4-14H,2-3H2,1H3. The first-order chi connectivity index (χ1) is 14.0. The van der Waals surface area contributed by atoms with Gasteiger partial charge in [0, 0.05) is 16.5 Å².